The second-order valence-electron chi connectivity index (χ2n) is 4.15. The number of hydrogen-bond acceptors (Lipinski definition) is 4. The van der Waals surface area contributed by atoms with Crippen LogP contribution in [0.3, 0.4) is 0 Å². The maximum Gasteiger partial charge on any atom is 0.265 e. The van der Waals surface area contributed by atoms with Crippen LogP contribution in [0.2, 0.25) is 0 Å². The van der Waals surface area contributed by atoms with Gasteiger partial charge in [-0.2, -0.15) is 0 Å². The number of nitrogens with two attached hydrogens (primary N) is 1. The first kappa shape index (κ1) is 14.3. The van der Waals surface area contributed by atoms with Gasteiger partial charge in [-0.25, -0.2) is 4.39 Å². The normalized spacial score (nSPS) is 10.3. The summed E-state index contributed by atoms with van der Waals surface area (Å²) < 4.78 is 18.8. The third-order valence-corrected chi connectivity index (χ3v) is 3.73. The molecule has 2 aromatic rings. The summed E-state index contributed by atoms with van der Waals surface area (Å²) in [7, 11) is 0. The molecule has 1 aromatic heterocycles. The van der Waals surface area contributed by atoms with E-state index in [0.29, 0.717) is 22.9 Å². The van der Waals surface area contributed by atoms with Gasteiger partial charge < -0.3 is 15.8 Å². The second kappa shape index (κ2) is 5.92. The lowest BCUT2D eigenvalue weighted by Crippen LogP contribution is -2.10. The van der Waals surface area contributed by atoms with Gasteiger partial charge >= 0.3 is 0 Å². The van der Waals surface area contributed by atoms with E-state index in [1.165, 1.54) is 23.5 Å². The highest BCUT2D eigenvalue weighted by Crippen LogP contribution is 2.25. The molecule has 0 bridgehead atoms. The van der Waals surface area contributed by atoms with Crippen molar-refractivity contribution in [2.45, 2.75) is 13.8 Å². The molecule has 0 spiro atoms. The number of amides is 1. The number of halogens is 1. The van der Waals surface area contributed by atoms with Crippen LogP contribution in [0, 0.1) is 12.7 Å². The van der Waals surface area contributed by atoms with E-state index in [9.17, 15) is 9.18 Å². The van der Waals surface area contributed by atoms with Gasteiger partial charge in [0.15, 0.2) is 11.6 Å². The number of carbonyl (C=O) groups is 1. The Kier molecular flexibility index (Phi) is 4.24. The molecule has 0 fully saturated rings. The minimum atomic E-state index is -0.508. The Morgan fingerprint density at radius 3 is 2.75 bits per heavy atom. The molecule has 0 saturated heterocycles. The van der Waals surface area contributed by atoms with Crippen molar-refractivity contribution in [3.05, 3.63) is 39.8 Å². The van der Waals surface area contributed by atoms with E-state index in [2.05, 4.69) is 5.32 Å². The maximum atomic E-state index is 13.7. The Labute approximate surface area is 120 Å². The summed E-state index contributed by atoms with van der Waals surface area (Å²) in [5.74, 6) is -0.647. The molecule has 1 aromatic carbocycles. The molecule has 106 valence electrons. The zero-order valence-corrected chi connectivity index (χ0v) is 12.0. The number of anilines is 2. The van der Waals surface area contributed by atoms with E-state index in [4.69, 9.17) is 10.5 Å². The Morgan fingerprint density at radius 2 is 2.20 bits per heavy atom. The first-order chi connectivity index (χ1) is 9.51. The minimum absolute atomic E-state index is 0.168. The maximum absolute atomic E-state index is 13.7. The highest BCUT2D eigenvalue weighted by Gasteiger charge is 2.12. The molecule has 0 aliphatic heterocycles. The molecule has 1 amide bonds. The van der Waals surface area contributed by atoms with Crippen LogP contribution < -0.4 is 15.8 Å². The Balaban J connectivity index is 2.13. The van der Waals surface area contributed by atoms with Gasteiger partial charge in [0.05, 0.1) is 11.5 Å². The first-order valence-electron chi connectivity index (χ1n) is 6.11. The molecular formula is C14H15FN2O2S. The number of carbonyl (C=O) groups excluding carboxylic acids is 1. The molecule has 3 N–H and O–H groups in total. The van der Waals surface area contributed by atoms with E-state index in [1.54, 1.807) is 19.1 Å². The van der Waals surface area contributed by atoms with Crippen LogP contribution in [0.1, 0.15) is 21.5 Å². The molecule has 0 saturated carbocycles. The third-order valence-electron chi connectivity index (χ3n) is 2.67. The van der Waals surface area contributed by atoms with Crippen molar-refractivity contribution >= 4 is 28.6 Å². The predicted molar refractivity (Wildman–Crippen MR) is 79.0 cm³/mol. The van der Waals surface area contributed by atoms with Crippen LogP contribution in [0.25, 0.3) is 0 Å². The molecule has 6 heteroatoms. The molecule has 1 heterocycles. The zero-order chi connectivity index (χ0) is 14.7. The van der Waals surface area contributed by atoms with Crippen molar-refractivity contribution in [2.24, 2.45) is 0 Å². The smallest absolute Gasteiger partial charge is 0.265 e. The van der Waals surface area contributed by atoms with Gasteiger partial charge in [-0.15, -0.1) is 11.3 Å². The van der Waals surface area contributed by atoms with Crippen LogP contribution in [0.15, 0.2) is 24.3 Å². The summed E-state index contributed by atoms with van der Waals surface area (Å²) in [5, 5.41) is 2.63. The van der Waals surface area contributed by atoms with Crippen molar-refractivity contribution in [2.75, 3.05) is 17.7 Å². The number of benzene rings is 1. The third kappa shape index (κ3) is 3.08. The van der Waals surface area contributed by atoms with Crippen LogP contribution >= 0.6 is 11.3 Å². The van der Waals surface area contributed by atoms with Gasteiger partial charge in [0.1, 0.15) is 0 Å². The van der Waals surface area contributed by atoms with Gasteiger partial charge in [0.2, 0.25) is 0 Å². The molecule has 0 atom stereocenters. The van der Waals surface area contributed by atoms with Crippen LogP contribution in [0.4, 0.5) is 15.8 Å². The van der Waals surface area contributed by atoms with E-state index < -0.39 is 5.82 Å². The van der Waals surface area contributed by atoms with Crippen molar-refractivity contribution < 1.29 is 13.9 Å². The fourth-order valence-corrected chi connectivity index (χ4v) is 2.49. The lowest BCUT2D eigenvalue weighted by molar-refractivity contribution is 0.103. The van der Waals surface area contributed by atoms with E-state index in [0.717, 1.165) is 4.88 Å². The highest BCUT2D eigenvalue weighted by atomic mass is 32.1. The summed E-state index contributed by atoms with van der Waals surface area (Å²) in [4.78, 5) is 13.4. The summed E-state index contributed by atoms with van der Waals surface area (Å²) >= 11 is 1.30. The van der Waals surface area contributed by atoms with Crippen molar-refractivity contribution in [1.29, 1.82) is 0 Å². The zero-order valence-electron chi connectivity index (χ0n) is 11.2. The van der Waals surface area contributed by atoms with Crippen LogP contribution in [-0.2, 0) is 0 Å². The van der Waals surface area contributed by atoms with E-state index in [-0.39, 0.29) is 11.7 Å². The van der Waals surface area contributed by atoms with Crippen LogP contribution in [-0.4, -0.2) is 12.5 Å². The van der Waals surface area contributed by atoms with Crippen molar-refractivity contribution in [3.8, 4) is 5.75 Å². The predicted octanol–water partition coefficient (Wildman–Crippen LogP) is 3.43. The Hall–Kier alpha value is -2.08. The van der Waals surface area contributed by atoms with Gasteiger partial charge in [-0.1, -0.05) is 0 Å². The summed E-state index contributed by atoms with van der Waals surface area (Å²) in [6.45, 7) is 4.00. The molecule has 0 aliphatic rings. The van der Waals surface area contributed by atoms with E-state index in [1.807, 2.05) is 6.92 Å². The minimum Gasteiger partial charge on any atom is -0.491 e. The topological polar surface area (TPSA) is 64.3 Å². The molecular weight excluding hydrogens is 279 g/mol. The number of nitrogen functional groups attached to an aromatic ring is 1. The second-order valence-corrected chi connectivity index (χ2v) is 5.41. The lowest BCUT2D eigenvalue weighted by Gasteiger charge is -2.07. The SMILES string of the molecule is CCOc1ccc(NC(=O)c2cc(N)c(C)s2)cc1F. The summed E-state index contributed by atoms with van der Waals surface area (Å²) in [6.07, 6.45) is 0. The highest BCUT2D eigenvalue weighted by molar-refractivity contribution is 7.14. The molecule has 2 rings (SSSR count). The van der Waals surface area contributed by atoms with Gasteiger partial charge in [0.25, 0.3) is 5.91 Å². The molecule has 4 nitrogen and oxygen atoms in total. The molecule has 0 unspecified atom stereocenters. The first-order valence-corrected chi connectivity index (χ1v) is 6.92. The molecule has 0 radical (unpaired) electrons. The number of thiophene rings is 1. The summed E-state index contributed by atoms with van der Waals surface area (Å²) in [5.41, 5.74) is 6.66. The largest absolute Gasteiger partial charge is 0.491 e. The van der Waals surface area contributed by atoms with Crippen LogP contribution in [0.5, 0.6) is 5.75 Å². The number of hydrogen-bond donors (Lipinski definition) is 2. The average molecular weight is 294 g/mol. The standard InChI is InChI=1S/C14H15FN2O2S/c1-3-19-12-5-4-9(6-10(12)15)17-14(18)13-7-11(16)8(2)20-13/h4-7H,3,16H2,1-2H3,(H,17,18). The lowest BCUT2D eigenvalue weighted by atomic mass is 10.2. The van der Waals surface area contributed by atoms with Crippen molar-refractivity contribution in [3.63, 3.8) is 0 Å². The number of ether oxygens (including phenoxy) is 1. The quantitative estimate of drug-likeness (QED) is 0.908. The van der Waals surface area contributed by atoms with Crippen molar-refractivity contribution in [1.82, 2.24) is 0 Å². The Bertz CT molecular complexity index is 621. The molecule has 20 heavy (non-hydrogen) atoms. The monoisotopic (exact) mass is 294 g/mol. The van der Waals surface area contributed by atoms with Gasteiger partial charge in [0, 0.05) is 22.3 Å². The fourth-order valence-electron chi connectivity index (χ4n) is 1.65. The number of aryl methyl sites for hydroxylation is 1. The fraction of sp³-hybridized carbons (Fsp3) is 0.214. The molecule has 0 aliphatic carbocycles. The van der Waals surface area contributed by atoms with Gasteiger partial charge in [-0.3, -0.25) is 4.79 Å². The average Bonchev–Trinajstić information content (AvgIpc) is 2.73. The summed E-state index contributed by atoms with van der Waals surface area (Å²) in [6, 6.07) is 5.92. The Morgan fingerprint density at radius 1 is 1.45 bits per heavy atom. The van der Waals surface area contributed by atoms with Gasteiger partial charge in [-0.05, 0) is 32.0 Å². The van der Waals surface area contributed by atoms with E-state index >= 15 is 0 Å². The number of rotatable bonds is 4. The number of nitrogens with one attached hydrogen (secondary N) is 1.